The summed E-state index contributed by atoms with van der Waals surface area (Å²) in [5.41, 5.74) is 2.64. The molecule has 0 N–H and O–H groups in total. The number of pyridine rings is 1. The normalized spacial score (nSPS) is 19.6. The number of rotatable bonds is 3. The van der Waals surface area contributed by atoms with E-state index in [9.17, 15) is 4.39 Å². The summed E-state index contributed by atoms with van der Waals surface area (Å²) in [7, 11) is 0. The average Bonchev–Trinajstić information content (AvgIpc) is 2.50. The summed E-state index contributed by atoms with van der Waals surface area (Å²) in [4.78, 5) is 6.79. The highest BCUT2D eigenvalue weighted by Crippen LogP contribution is 2.24. The Kier molecular flexibility index (Phi) is 4.30. The third-order valence-corrected chi connectivity index (χ3v) is 4.31. The minimum absolute atomic E-state index is 0.192. The molecule has 2 nitrogen and oxygen atoms in total. The molecule has 1 saturated heterocycles. The molecular weight excluding hydrogens is 263 g/mol. The first kappa shape index (κ1) is 14.2. The van der Waals surface area contributed by atoms with Gasteiger partial charge in [0.25, 0.3) is 0 Å². The molecule has 1 atom stereocenters. The van der Waals surface area contributed by atoms with E-state index in [2.05, 4.69) is 22.9 Å². The van der Waals surface area contributed by atoms with Crippen LogP contribution in [0.25, 0.3) is 11.1 Å². The fraction of sp³-hybridized carbons (Fsp3) is 0.389. The van der Waals surface area contributed by atoms with Gasteiger partial charge in [0.05, 0.1) is 0 Å². The summed E-state index contributed by atoms with van der Waals surface area (Å²) < 4.78 is 13.9. The highest BCUT2D eigenvalue weighted by atomic mass is 19.1. The lowest BCUT2D eigenvalue weighted by atomic mass is 10.0. The van der Waals surface area contributed by atoms with Crippen LogP contribution >= 0.6 is 0 Å². The molecule has 2 aromatic rings. The molecule has 110 valence electrons. The molecule has 3 heteroatoms. The van der Waals surface area contributed by atoms with Crippen LogP contribution in [0, 0.1) is 5.82 Å². The van der Waals surface area contributed by atoms with Crippen LogP contribution in [-0.4, -0.2) is 22.5 Å². The molecule has 0 saturated carbocycles. The van der Waals surface area contributed by atoms with E-state index in [0.29, 0.717) is 11.6 Å². The van der Waals surface area contributed by atoms with Gasteiger partial charge in [-0.05, 0) is 44.0 Å². The third kappa shape index (κ3) is 3.30. The quantitative estimate of drug-likeness (QED) is 0.837. The summed E-state index contributed by atoms with van der Waals surface area (Å²) in [6.45, 7) is 4.33. The molecule has 1 aliphatic heterocycles. The molecule has 21 heavy (non-hydrogen) atoms. The molecular formula is C18H21FN2. The molecule has 0 aliphatic carbocycles. The zero-order valence-corrected chi connectivity index (χ0v) is 12.4. The number of hydrogen-bond donors (Lipinski definition) is 0. The topological polar surface area (TPSA) is 16.1 Å². The summed E-state index contributed by atoms with van der Waals surface area (Å²) in [5.74, 6) is -0.192. The molecule has 0 spiro atoms. The minimum Gasteiger partial charge on any atom is -0.296 e. The maximum absolute atomic E-state index is 13.9. The van der Waals surface area contributed by atoms with Crippen LogP contribution in [0.5, 0.6) is 0 Å². The van der Waals surface area contributed by atoms with Crippen LogP contribution < -0.4 is 0 Å². The number of aromatic nitrogens is 1. The molecule has 0 unspecified atom stereocenters. The number of halogens is 1. The summed E-state index contributed by atoms with van der Waals surface area (Å²) >= 11 is 0. The van der Waals surface area contributed by atoms with E-state index in [4.69, 9.17) is 0 Å². The SMILES string of the molecule is C[C@H]1CCCCN1Cc1cncc(-c2ccccc2F)c1. The Balaban J connectivity index is 1.82. The fourth-order valence-electron chi connectivity index (χ4n) is 3.04. The van der Waals surface area contributed by atoms with Gasteiger partial charge in [-0.2, -0.15) is 0 Å². The van der Waals surface area contributed by atoms with E-state index in [1.54, 1.807) is 18.3 Å². The van der Waals surface area contributed by atoms with Crippen LogP contribution in [0.3, 0.4) is 0 Å². The van der Waals surface area contributed by atoms with Crippen LogP contribution in [0.1, 0.15) is 31.7 Å². The Hall–Kier alpha value is -1.74. The Labute approximate surface area is 125 Å². The van der Waals surface area contributed by atoms with Gasteiger partial charge in [-0.3, -0.25) is 9.88 Å². The van der Waals surface area contributed by atoms with Crippen molar-refractivity contribution >= 4 is 0 Å². The van der Waals surface area contributed by atoms with Crippen molar-refractivity contribution in [1.29, 1.82) is 0 Å². The molecule has 1 fully saturated rings. The van der Waals surface area contributed by atoms with E-state index in [0.717, 1.165) is 24.2 Å². The summed E-state index contributed by atoms with van der Waals surface area (Å²) in [5, 5.41) is 0. The van der Waals surface area contributed by atoms with Crippen molar-refractivity contribution in [3.8, 4) is 11.1 Å². The van der Waals surface area contributed by atoms with Crippen molar-refractivity contribution in [1.82, 2.24) is 9.88 Å². The molecule has 0 radical (unpaired) electrons. The predicted octanol–water partition coefficient (Wildman–Crippen LogP) is 4.26. The highest BCUT2D eigenvalue weighted by molar-refractivity contribution is 5.63. The molecule has 1 aliphatic rings. The zero-order valence-electron chi connectivity index (χ0n) is 12.4. The first-order chi connectivity index (χ1) is 10.2. The smallest absolute Gasteiger partial charge is 0.131 e. The Morgan fingerprint density at radius 1 is 1.24 bits per heavy atom. The summed E-state index contributed by atoms with van der Waals surface area (Å²) in [6.07, 6.45) is 7.49. The maximum atomic E-state index is 13.9. The second-order valence-electron chi connectivity index (χ2n) is 5.88. The molecule has 0 bridgehead atoms. The van der Waals surface area contributed by atoms with Gasteiger partial charge < -0.3 is 0 Å². The van der Waals surface area contributed by atoms with Crippen LogP contribution in [-0.2, 0) is 6.54 Å². The van der Waals surface area contributed by atoms with Crippen molar-refractivity contribution in [2.75, 3.05) is 6.54 Å². The number of hydrogen-bond acceptors (Lipinski definition) is 2. The lowest BCUT2D eigenvalue weighted by Crippen LogP contribution is -2.36. The first-order valence-corrected chi connectivity index (χ1v) is 7.67. The molecule has 2 heterocycles. The average molecular weight is 284 g/mol. The number of likely N-dealkylation sites (tertiary alicyclic amines) is 1. The second-order valence-corrected chi connectivity index (χ2v) is 5.88. The van der Waals surface area contributed by atoms with Crippen molar-refractivity contribution in [2.24, 2.45) is 0 Å². The van der Waals surface area contributed by atoms with E-state index >= 15 is 0 Å². The first-order valence-electron chi connectivity index (χ1n) is 7.67. The number of benzene rings is 1. The fourth-order valence-corrected chi connectivity index (χ4v) is 3.04. The van der Waals surface area contributed by atoms with Crippen LogP contribution in [0.4, 0.5) is 4.39 Å². The highest BCUT2D eigenvalue weighted by Gasteiger charge is 2.18. The molecule has 3 rings (SSSR count). The monoisotopic (exact) mass is 284 g/mol. The predicted molar refractivity (Wildman–Crippen MR) is 83.4 cm³/mol. The van der Waals surface area contributed by atoms with Crippen molar-refractivity contribution < 1.29 is 4.39 Å². The molecule has 1 aromatic carbocycles. The van der Waals surface area contributed by atoms with E-state index in [1.165, 1.54) is 25.3 Å². The van der Waals surface area contributed by atoms with E-state index in [-0.39, 0.29) is 5.82 Å². The van der Waals surface area contributed by atoms with Gasteiger partial charge >= 0.3 is 0 Å². The van der Waals surface area contributed by atoms with Gasteiger partial charge in [0, 0.05) is 36.1 Å². The van der Waals surface area contributed by atoms with Crippen LogP contribution in [0.2, 0.25) is 0 Å². The third-order valence-electron chi connectivity index (χ3n) is 4.31. The van der Waals surface area contributed by atoms with Gasteiger partial charge in [-0.15, -0.1) is 0 Å². The molecule has 0 amide bonds. The summed E-state index contributed by atoms with van der Waals surface area (Å²) in [6, 6.07) is 9.56. The van der Waals surface area contributed by atoms with Crippen molar-refractivity contribution in [3.05, 3.63) is 54.1 Å². The standard InChI is InChI=1S/C18H21FN2/c1-14-6-4-5-9-21(14)13-15-10-16(12-20-11-15)17-7-2-3-8-18(17)19/h2-3,7-8,10-12,14H,4-6,9,13H2,1H3/t14-/m0/s1. The Morgan fingerprint density at radius 2 is 2.10 bits per heavy atom. The minimum atomic E-state index is -0.192. The van der Waals surface area contributed by atoms with Gasteiger partial charge in [-0.25, -0.2) is 4.39 Å². The van der Waals surface area contributed by atoms with Crippen molar-refractivity contribution in [3.63, 3.8) is 0 Å². The van der Waals surface area contributed by atoms with Gasteiger partial charge in [-0.1, -0.05) is 24.6 Å². The van der Waals surface area contributed by atoms with Gasteiger partial charge in [0.15, 0.2) is 0 Å². The Bertz CT molecular complexity index is 612. The van der Waals surface area contributed by atoms with Crippen molar-refractivity contribution in [2.45, 2.75) is 38.8 Å². The van der Waals surface area contributed by atoms with Crippen LogP contribution in [0.15, 0.2) is 42.7 Å². The van der Waals surface area contributed by atoms with Gasteiger partial charge in [0.1, 0.15) is 5.82 Å². The molecule has 1 aromatic heterocycles. The maximum Gasteiger partial charge on any atom is 0.131 e. The lowest BCUT2D eigenvalue weighted by molar-refractivity contribution is 0.152. The van der Waals surface area contributed by atoms with E-state index in [1.807, 2.05) is 12.3 Å². The lowest BCUT2D eigenvalue weighted by Gasteiger charge is -2.33. The van der Waals surface area contributed by atoms with E-state index < -0.39 is 0 Å². The number of piperidine rings is 1. The Morgan fingerprint density at radius 3 is 2.90 bits per heavy atom. The zero-order chi connectivity index (χ0) is 14.7. The second kappa shape index (κ2) is 6.35. The van der Waals surface area contributed by atoms with Gasteiger partial charge in [0.2, 0.25) is 0 Å². The largest absolute Gasteiger partial charge is 0.296 e. The number of nitrogens with zero attached hydrogens (tertiary/aromatic N) is 2.